The van der Waals surface area contributed by atoms with E-state index in [2.05, 4.69) is 35.7 Å². The second kappa shape index (κ2) is 7.34. The van der Waals surface area contributed by atoms with Crippen molar-refractivity contribution in [1.82, 2.24) is 20.0 Å². The molecule has 4 nitrogen and oxygen atoms in total. The van der Waals surface area contributed by atoms with Gasteiger partial charge in [0, 0.05) is 23.9 Å². The van der Waals surface area contributed by atoms with Crippen molar-refractivity contribution in [3.8, 4) is 21.3 Å². The van der Waals surface area contributed by atoms with Gasteiger partial charge in [-0.1, -0.05) is 43.4 Å². The van der Waals surface area contributed by atoms with Gasteiger partial charge < -0.3 is 0 Å². The lowest BCUT2D eigenvalue weighted by atomic mass is 9.76. The summed E-state index contributed by atoms with van der Waals surface area (Å²) in [6, 6.07) is 4.31. The predicted molar refractivity (Wildman–Crippen MR) is 112 cm³/mol. The Balaban J connectivity index is 1.72. The summed E-state index contributed by atoms with van der Waals surface area (Å²) in [5, 5.41) is 14.2. The smallest absolute Gasteiger partial charge is 0.272 e. The van der Waals surface area contributed by atoms with Gasteiger partial charge in [-0.2, -0.15) is 18.3 Å². The molecule has 2 heterocycles. The van der Waals surface area contributed by atoms with Crippen molar-refractivity contribution in [2.75, 3.05) is 0 Å². The summed E-state index contributed by atoms with van der Waals surface area (Å²) in [6.45, 7) is 8.05. The Hall–Kier alpha value is -2.48. The number of aromatic nitrogens is 4. The highest BCUT2D eigenvalue weighted by molar-refractivity contribution is 7.17. The Bertz CT molecular complexity index is 1110. The minimum Gasteiger partial charge on any atom is -0.272 e. The molecule has 1 aromatic carbocycles. The first-order chi connectivity index (χ1) is 14.1. The van der Waals surface area contributed by atoms with Crippen LogP contribution in [0, 0.1) is 5.41 Å². The number of fused-ring (bicyclic) bond motifs is 1. The lowest BCUT2D eigenvalue weighted by molar-refractivity contribution is -0.138. The van der Waals surface area contributed by atoms with E-state index < -0.39 is 11.7 Å². The summed E-state index contributed by atoms with van der Waals surface area (Å²) in [5.74, 6) is 0. The first kappa shape index (κ1) is 20.8. The monoisotopic (exact) mass is 432 g/mol. The van der Waals surface area contributed by atoms with E-state index >= 15 is 0 Å². The topological polar surface area (TPSA) is 43.6 Å². The van der Waals surface area contributed by atoms with Crippen molar-refractivity contribution in [3.05, 3.63) is 53.2 Å². The van der Waals surface area contributed by atoms with E-state index in [1.165, 1.54) is 34.7 Å². The second-order valence-electron chi connectivity index (χ2n) is 8.51. The molecule has 30 heavy (non-hydrogen) atoms. The van der Waals surface area contributed by atoms with Crippen molar-refractivity contribution in [2.24, 2.45) is 12.5 Å². The Morgan fingerprint density at radius 3 is 2.67 bits per heavy atom. The molecule has 4 rings (SSSR count). The van der Waals surface area contributed by atoms with Crippen molar-refractivity contribution >= 4 is 11.3 Å². The van der Waals surface area contributed by atoms with Crippen LogP contribution in [-0.2, 0) is 32.5 Å². The summed E-state index contributed by atoms with van der Waals surface area (Å²) in [6.07, 6.45) is 0.108. The minimum absolute atomic E-state index is 0.160. The first-order valence-electron chi connectivity index (χ1n) is 9.79. The molecule has 3 aromatic rings. The Morgan fingerprint density at radius 2 is 1.97 bits per heavy atom. The van der Waals surface area contributed by atoms with Crippen LogP contribution in [0.25, 0.3) is 21.3 Å². The predicted octanol–water partition coefficient (Wildman–Crippen LogP) is 5.87. The van der Waals surface area contributed by atoms with Gasteiger partial charge in [0.05, 0.1) is 5.56 Å². The van der Waals surface area contributed by atoms with Gasteiger partial charge in [0.25, 0.3) is 0 Å². The number of allylic oxidation sites excluding steroid dienone is 1. The summed E-state index contributed by atoms with van der Waals surface area (Å²) in [4.78, 5) is 0. The first-order valence-corrected chi connectivity index (χ1v) is 10.6. The SMILES string of the molecule is C=CCc1ccc(-c2nnc(-c3nn(C)c4c3CCC(C)(C)C4)s2)cc1C(F)(F)F. The van der Waals surface area contributed by atoms with Crippen LogP contribution in [0.4, 0.5) is 13.2 Å². The highest BCUT2D eigenvalue weighted by atomic mass is 32.1. The van der Waals surface area contributed by atoms with Crippen LogP contribution in [-0.4, -0.2) is 20.0 Å². The number of halogens is 3. The zero-order valence-electron chi connectivity index (χ0n) is 17.2. The van der Waals surface area contributed by atoms with Gasteiger partial charge >= 0.3 is 6.18 Å². The molecule has 0 unspecified atom stereocenters. The van der Waals surface area contributed by atoms with Crippen molar-refractivity contribution in [1.29, 1.82) is 0 Å². The fourth-order valence-electron chi connectivity index (χ4n) is 4.01. The molecule has 0 saturated heterocycles. The van der Waals surface area contributed by atoms with Crippen LogP contribution in [0.2, 0.25) is 0 Å². The van der Waals surface area contributed by atoms with Crippen LogP contribution in [0.3, 0.4) is 0 Å². The van der Waals surface area contributed by atoms with Gasteiger partial charge in [0.15, 0.2) is 5.01 Å². The second-order valence-corrected chi connectivity index (χ2v) is 9.49. The van der Waals surface area contributed by atoms with Gasteiger partial charge in [0.2, 0.25) is 0 Å². The standard InChI is InChI=1S/C22H23F3N4S/c1-5-6-13-7-8-14(11-16(13)22(23,24)25)19-26-27-20(30-19)18-15-9-10-21(2,3)12-17(15)29(4)28-18/h5,7-8,11H,1,6,9-10,12H2,2-4H3. The summed E-state index contributed by atoms with van der Waals surface area (Å²) in [7, 11) is 1.93. The molecule has 8 heteroatoms. The van der Waals surface area contributed by atoms with Gasteiger partial charge in [-0.3, -0.25) is 4.68 Å². The largest absolute Gasteiger partial charge is 0.416 e. The molecule has 0 radical (unpaired) electrons. The van der Waals surface area contributed by atoms with E-state index in [-0.39, 0.29) is 17.4 Å². The molecule has 0 spiro atoms. The molecule has 0 fully saturated rings. The molecule has 1 aliphatic rings. The van der Waals surface area contributed by atoms with E-state index in [1.807, 2.05) is 11.7 Å². The number of hydrogen-bond donors (Lipinski definition) is 0. The van der Waals surface area contributed by atoms with E-state index in [9.17, 15) is 13.2 Å². The Labute approximate surface area is 177 Å². The third-order valence-corrected chi connectivity index (χ3v) is 6.61. The minimum atomic E-state index is -4.44. The van der Waals surface area contributed by atoms with E-state index in [1.54, 1.807) is 6.07 Å². The molecule has 0 bridgehead atoms. The zero-order valence-corrected chi connectivity index (χ0v) is 18.0. The van der Waals surface area contributed by atoms with Gasteiger partial charge in [-0.15, -0.1) is 16.8 Å². The molecular formula is C22H23F3N4S. The molecule has 0 atom stereocenters. The van der Waals surface area contributed by atoms with Crippen molar-refractivity contribution < 1.29 is 13.2 Å². The van der Waals surface area contributed by atoms with Crippen LogP contribution < -0.4 is 0 Å². The lowest BCUT2D eigenvalue weighted by Gasteiger charge is -2.29. The molecule has 158 valence electrons. The fourth-order valence-corrected chi connectivity index (χ4v) is 4.86. The Kier molecular flexibility index (Phi) is 5.08. The van der Waals surface area contributed by atoms with Crippen LogP contribution in [0.5, 0.6) is 0 Å². The number of aryl methyl sites for hydroxylation is 1. The van der Waals surface area contributed by atoms with Crippen LogP contribution in [0.1, 0.15) is 42.7 Å². The van der Waals surface area contributed by atoms with E-state index in [0.29, 0.717) is 15.6 Å². The highest BCUT2D eigenvalue weighted by Gasteiger charge is 2.34. The molecule has 0 N–H and O–H groups in total. The van der Waals surface area contributed by atoms with E-state index in [4.69, 9.17) is 0 Å². The maximum atomic E-state index is 13.5. The molecule has 1 aliphatic carbocycles. The van der Waals surface area contributed by atoms with Crippen LogP contribution in [0.15, 0.2) is 30.9 Å². The third-order valence-electron chi connectivity index (χ3n) is 5.63. The maximum absolute atomic E-state index is 13.5. The van der Waals surface area contributed by atoms with Crippen molar-refractivity contribution in [2.45, 2.75) is 45.7 Å². The zero-order chi connectivity index (χ0) is 21.7. The molecule has 0 amide bonds. The number of alkyl halides is 3. The quantitative estimate of drug-likeness (QED) is 0.485. The molecular weight excluding hydrogens is 409 g/mol. The van der Waals surface area contributed by atoms with E-state index in [0.717, 1.165) is 31.0 Å². The highest BCUT2D eigenvalue weighted by Crippen LogP contribution is 2.41. The number of rotatable bonds is 4. The fraction of sp³-hybridized carbons (Fsp3) is 0.409. The number of hydrogen-bond acceptors (Lipinski definition) is 4. The van der Waals surface area contributed by atoms with Gasteiger partial charge in [-0.25, -0.2) is 0 Å². The maximum Gasteiger partial charge on any atom is 0.416 e. The summed E-state index contributed by atoms with van der Waals surface area (Å²) >= 11 is 1.28. The molecule has 0 aliphatic heterocycles. The van der Waals surface area contributed by atoms with Gasteiger partial charge in [0.1, 0.15) is 10.7 Å². The normalized spacial score (nSPS) is 15.8. The molecule has 0 saturated carbocycles. The average Bonchev–Trinajstić information content (AvgIpc) is 3.26. The average molecular weight is 433 g/mol. The van der Waals surface area contributed by atoms with Gasteiger partial charge in [-0.05, 0) is 42.7 Å². The summed E-state index contributed by atoms with van der Waals surface area (Å²) < 4.78 is 42.4. The number of benzene rings is 1. The van der Waals surface area contributed by atoms with Crippen LogP contribution >= 0.6 is 11.3 Å². The molecule has 2 aromatic heterocycles. The lowest BCUT2D eigenvalue weighted by Crippen LogP contribution is -2.23. The third kappa shape index (κ3) is 3.80. The Morgan fingerprint density at radius 1 is 1.23 bits per heavy atom. The summed E-state index contributed by atoms with van der Waals surface area (Å²) in [5.41, 5.74) is 3.35. The number of nitrogens with zero attached hydrogens (tertiary/aromatic N) is 4. The van der Waals surface area contributed by atoms with Crippen molar-refractivity contribution in [3.63, 3.8) is 0 Å².